The summed E-state index contributed by atoms with van der Waals surface area (Å²) in [5.74, 6) is 0.540. The first-order valence-electron chi connectivity index (χ1n) is 8.24. The second-order valence-electron chi connectivity index (χ2n) is 7.46. The number of piperidine rings is 1. The standard InChI is InChI=1S/C16H24F3N5S/c1-10-6-5-7-24(9-10)12-8-11(16(17,18)19)20-13(21-12)22-14(25)23-15(2,3)4/h8,10H,5-7,9H2,1-4H3,(H2,20,21,22,23,25)/t10-/m0/s1. The molecule has 0 bridgehead atoms. The maximum absolute atomic E-state index is 13.2. The quantitative estimate of drug-likeness (QED) is 0.767. The zero-order chi connectivity index (χ0) is 18.8. The molecule has 0 spiro atoms. The molecule has 1 aromatic rings. The van der Waals surface area contributed by atoms with Gasteiger partial charge >= 0.3 is 6.18 Å². The van der Waals surface area contributed by atoms with Crippen molar-refractivity contribution in [1.29, 1.82) is 0 Å². The molecule has 1 aromatic heterocycles. The van der Waals surface area contributed by atoms with Gasteiger partial charge in [-0.05, 0) is 51.7 Å². The molecule has 140 valence electrons. The van der Waals surface area contributed by atoms with Crippen LogP contribution in [0.2, 0.25) is 0 Å². The number of halogens is 3. The number of anilines is 2. The van der Waals surface area contributed by atoms with E-state index in [-0.39, 0.29) is 22.4 Å². The van der Waals surface area contributed by atoms with Gasteiger partial charge in [0, 0.05) is 24.7 Å². The van der Waals surface area contributed by atoms with Crippen LogP contribution in [0, 0.1) is 5.92 Å². The number of aromatic nitrogens is 2. The molecule has 0 saturated carbocycles. The summed E-state index contributed by atoms with van der Waals surface area (Å²) in [5.41, 5.74) is -1.30. The molecule has 2 rings (SSSR count). The van der Waals surface area contributed by atoms with Crippen molar-refractivity contribution in [1.82, 2.24) is 15.3 Å². The topological polar surface area (TPSA) is 53.1 Å². The Balaban J connectivity index is 2.29. The average Bonchev–Trinajstić information content (AvgIpc) is 2.43. The normalized spacial score (nSPS) is 18.8. The van der Waals surface area contributed by atoms with E-state index in [2.05, 4.69) is 27.5 Å². The Kier molecular flexibility index (Phi) is 5.75. The predicted octanol–water partition coefficient (Wildman–Crippen LogP) is 3.82. The molecule has 1 aliphatic heterocycles. The van der Waals surface area contributed by atoms with Crippen LogP contribution < -0.4 is 15.5 Å². The molecule has 1 atom stereocenters. The van der Waals surface area contributed by atoms with E-state index in [0.29, 0.717) is 19.0 Å². The Morgan fingerprint density at radius 2 is 1.96 bits per heavy atom. The smallest absolute Gasteiger partial charge is 0.358 e. The predicted molar refractivity (Wildman–Crippen MR) is 96.8 cm³/mol. The van der Waals surface area contributed by atoms with Crippen molar-refractivity contribution in [2.45, 2.75) is 52.3 Å². The maximum atomic E-state index is 13.2. The van der Waals surface area contributed by atoms with Gasteiger partial charge in [0.1, 0.15) is 5.82 Å². The molecule has 5 nitrogen and oxygen atoms in total. The summed E-state index contributed by atoms with van der Waals surface area (Å²) in [6.07, 6.45) is -2.55. The highest BCUT2D eigenvalue weighted by atomic mass is 32.1. The van der Waals surface area contributed by atoms with Crippen LogP contribution in [-0.2, 0) is 6.18 Å². The van der Waals surface area contributed by atoms with Gasteiger partial charge in [-0.3, -0.25) is 0 Å². The summed E-state index contributed by atoms with van der Waals surface area (Å²) < 4.78 is 39.6. The molecule has 1 fully saturated rings. The third-order valence-electron chi connectivity index (χ3n) is 3.70. The number of rotatable bonds is 2. The van der Waals surface area contributed by atoms with Crippen LogP contribution in [-0.4, -0.2) is 33.7 Å². The molecule has 1 aliphatic rings. The van der Waals surface area contributed by atoms with Gasteiger partial charge in [-0.15, -0.1) is 0 Å². The van der Waals surface area contributed by atoms with Crippen LogP contribution >= 0.6 is 12.2 Å². The van der Waals surface area contributed by atoms with Crippen molar-refractivity contribution in [3.63, 3.8) is 0 Å². The first-order valence-corrected chi connectivity index (χ1v) is 8.65. The zero-order valence-corrected chi connectivity index (χ0v) is 15.7. The Morgan fingerprint density at radius 1 is 1.28 bits per heavy atom. The molecule has 1 saturated heterocycles. The lowest BCUT2D eigenvalue weighted by molar-refractivity contribution is -0.141. The fourth-order valence-corrected chi connectivity index (χ4v) is 3.07. The molecule has 0 radical (unpaired) electrons. The molecule has 0 aromatic carbocycles. The van der Waals surface area contributed by atoms with E-state index in [0.717, 1.165) is 18.9 Å². The minimum absolute atomic E-state index is 0.148. The summed E-state index contributed by atoms with van der Waals surface area (Å²) in [7, 11) is 0. The second-order valence-corrected chi connectivity index (χ2v) is 7.86. The van der Waals surface area contributed by atoms with Gasteiger partial charge in [-0.2, -0.15) is 18.2 Å². The van der Waals surface area contributed by atoms with Gasteiger partial charge < -0.3 is 15.5 Å². The van der Waals surface area contributed by atoms with E-state index in [4.69, 9.17) is 12.2 Å². The van der Waals surface area contributed by atoms with E-state index < -0.39 is 11.9 Å². The first-order chi connectivity index (χ1) is 11.4. The Morgan fingerprint density at radius 3 is 2.52 bits per heavy atom. The molecular weight excluding hydrogens is 351 g/mol. The van der Waals surface area contributed by atoms with Gasteiger partial charge in [0.15, 0.2) is 10.8 Å². The van der Waals surface area contributed by atoms with E-state index in [1.165, 1.54) is 0 Å². The third kappa shape index (κ3) is 5.98. The summed E-state index contributed by atoms with van der Waals surface area (Å²) >= 11 is 5.14. The Labute approximate surface area is 151 Å². The van der Waals surface area contributed by atoms with Gasteiger partial charge in [0.25, 0.3) is 0 Å². The van der Waals surface area contributed by atoms with Crippen molar-refractivity contribution in [3.05, 3.63) is 11.8 Å². The van der Waals surface area contributed by atoms with Crippen molar-refractivity contribution >= 4 is 29.1 Å². The molecule has 2 N–H and O–H groups in total. The highest BCUT2D eigenvalue weighted by Gasteiger charge is 2.34. The lowest BCUT2D eigenvalue weighted by Gasteiger charge is -2.32. The van der Waals surface area contributed by atoms with Gasteiger partial charge in [-0.25, -0.2) is 4.98 Å². The van der Waals surface area contributed by atoms with E-state index >= 15 is 0 Å². The summed E-state index contributed by atoms with van der Waals surface area (Å²) in [5, 5.41) is 5.84. The SMILES string of the molecule is C[C@H]1CCCN(c2cc(C(F)(F)F)nc(NC(=S)NC(C)(C)C)n2)C1. The molecular formula is C16H24F3N5S. The largest absolute Gasteiger partial charge is 0.433 e. The molecule has 9 heteroatoms. The van der Waals surface area contributed by atoms with Crippen molar-refractivity contribution in [2.24, 2.45) is 5.92 Å². The third-order valence-corrected chi connectivity index (χ3v) is 3.90. The zero-order valence-electron chi connectivity index (χ0n) is 14.9. The van der Waals surface area contributed by atoms with E-state index in [1.54, 1.807) is 0 Å². The molecule has 25 heavy (non-hydrogen) atoms. The lowest BCUT2D eigenvalue weighted by Crippen LogP contribution is -2.43. The number of nitrogens with one attached hydrogen (secondary N) is 2. The van der Waals surface area contributed by atoms with Crippen LogP contribution in [0.5, 0.6) is 0 Å². The second kappa shape index (κ2) is 7.31. The van der Waals surface area contributed by atoms with Crippen molar-refractivity contribution < 1.29 is 13.2 Å². The highest BCUT2D eigenvalue weighted by molar-refractivity contribution is 7.80. The average molecular weight is 375 g/mol. The van der Waals surface area contributed by atoms with Crippen molar-refractivity contribution in [2.75, 3.05) is 23.3 Å². The molecule has 0 amide bonds. The fourth-order valence-electron chi connectivity index (χ4n) is 2.67. The minimum Gasteiger partial charge on any atom is -0.358 e. The van der Waals surface area contributed by atoms with Crippen molar-refractivity contribution in [3.8, 4) is 0 Å². The summed E-state index contributed by atoms with van der Waals surface area (Å²) in [6, 6.07) is 1.00. The van der Waals surface area contributed by atoms with E-state index in [1.807, 2.05) is 25.7 Å². The van der Waals surface area contributed by atoms with E-state index in [9.17, 15) is 13.2 Å². The summed E-state index contributed by atoms with van der Waals surface area (Å²) in [6.45, 7) is 9.14. The van der Waals surface area contributed by atoms with Crippen LogP contribution in [0.4, 0.5) is 24.9 Å². The van der Waals surface area contributed by atoms with Crippen LogP contribution in [0.15, 0.2) is 6.07 Å². The molecule has 2 heterocycles. The van der Waals surface area contributed by atoms with Crippen LogP contribution in [0.3, 0.4) is 0 Å². The molecule has 0 aliphatic carbocycles. The van der Waals surface area contributed by atoms with Crippen LogP contribution in [0.25, 0.3) is 0 Å². The monoisotopic (exact) mass is 375 g/mol. The number of hydrogen-bond donors (Lipinski definition) is 2. The first kappa shape index (κ1) is 19.7. The summed E-state index contributed by atoms with van der Waals surface area (Å²) in [4.78, 5) is 9.71. The van der Waals surface area contributed by atoms with Crippen LogP contribution in [0.1, 0.15) is 46.2 Å². The number of hydrogen-bond acceptors (Lipinski definition) is 4. The maximum Gasteiger partial charge on any atom is 0.433 e. The number of thiocarbonyl (C=S) groups is 1. The number of alkyl halides is 3. The molecule has 0 unspecified atom stereocenters. The highest BCUT2D eigenvalue weighted by Crippen LogP contribution is 2.31. The minimum atomic E-state index is -4.55. The fraction of sp³-hybridized carbons (Fsp3) is 0.688. The van der Waals surface area contributed by atoms with Gasteiger partial charge in [0.05, 0.1) is 0 Å². The Hall–Kier alpha value is -1.64. The lowest BCUT2D eigenvalue weighted by atomic mass is 10.0. The van der Waals surface area contributed by atoms with Gasteiger partial charge in [0.2, 0.25) is 5.95 Å². The Bertz CT molecular complexity index is 627. The number of nitrogens with zero attached hydrogens (tertiary/aromatic N) is 3. The van der Waals surface area contributed by atoms with Gasteiger partial charge in [-0.1, -0.05) is 6.92 Å².